The summed E-state index contributed by atoms with van der Waals surface area (Å²) in [5.74, 6) is 0. The summed E-state index contributed by atoms with van der Waals surface area (Å²) in [5, 5.41) is 12.6. The fourth-order valence-corrected chi connectivity index (χ4v) is 14.4. The minimum absolute atomic E-state index is 0.129. The zero-order valence-electron chi connectivity index (χ0n) is 68.0. The van der Waals surface area contributed by atoms with Gasteiger partial charge in [0.25, 0.3) is 6.71 Å². The number of nitrogens with zero attached hydrogens (tertiary/aromatic N) is 6. The quantitative estimate of drug-likeness (QED) is 0.142. The molecule has 6 nitrogen and oxygen atoms in total. The minimum atomic E-state index is -2.42. The molecule has 0 atom stereocenters. The Kier molecular flexibility index (Phi) is 8.18. The Morgan fingerprint density at radius 3 is 1.31 bits per heavy atom. The number of anilines is 6. The molecule has 2 aliphatic heterocycles. The van der Waals surface area contributed by atoms with Gasteiger partial charge in [-0.3, -0.25) is 0 Å². The maximum absolute atomic E-state index is 11.5. The highest BCUT2D eigenvalue weighted by Gasteiger charge is 2.45. The first-order valence-electron chi connectivity index (χ1n) is 39.8. The molecular weight excluding hydrogens is 1130 g/mol. The average Bonchev–Trinajstić information content (AvgIpc) is 0.913. The van der Waals surface area contributed by atoms with Gasteiger partial charge in [0, 0.05) is 76.2 Å². The number of hydrogen-bond donors (Lipinski definition) is 0. The van der Waals surface area contributed by atoms with E-state index in [4.69, 9.17) is 9.60 Å². The number of rotatable bonds is 8. The summed E-state index contributed by atoms with van der Waals surface area (Å²) in [6, 6.07) is 62.0. The van der Waals surface area contributed by atoms with Crippen LogP contribution in [0.15, 0.2) is 315 Å². The van der Waals surface area contributed by atoms with Gasteiger partial charge in [0.05, 0.1) is 72.0 Å². The normalized spacial score (nSPS) is 15.5. The van der Waals surface area contributed by atoms with E-state index in [2.05, 4.69) is 29.2 Å². The molecular formula is C86H55BN6. The maximum atomic E-state index is 11.5. The molecule has 0 radical (unpaired) electrons. The molecule has 17 aromatic rings. The van der Waals surface area contributed by atoms with Crippen molar-refractivity contribution in [1.82, 2.24) is 13.7 Å². The molecule has 14 aromatic carbocycles. The summed E-state index contributed by atoms with van der Waals surface area (Å²) in [5.41, 5.74) is 11.6. The van der Waals surface area contributed by atoms with E-state index in [9.17, 15) is 21.7 Å². The van der Waals surface area contributed by atoms with Crippen molar-refractivity contribution in [1.29, 1.82) is 5.26 Å². The lowest BCUT2D eigenvalue weighted by molar-refractivity contribution is 1.14. The lowest BCUT2D eigenvalue weighted by Crippen LogP contribution is -2.61. The van der Waals surface area contributed by atoms with Crippen molar-refractivity contribution in [2.24, 2.45) is 0 Å². The second-order valence-corrected chi connectivity index (χ2v) is 23.3. The highest BCUT2D eigenvalue weighted by Crippen LogP contribution is 2.50. The van der Waals surface area contributed by atoms with Crippen LogP contribution < -0.4 is 26.2 Å². The van der Waals surface area contributed by atoms with Crippen molar-refractivity contribution >= 4 is 123 Å². The van der Waals surface area contributed by atoms with Crippen LogP contribution in [0.4, 0.5) is 34.1 Å². The molecule has 3 aromatic heterocycles. The van der Waals surface area contributed by atoms with Gasteiger partial charge in [0.1, 0.15) is 6.07 Å². The molecule has 2 aliphatic rings. The molecule has 93 heavy (non-hydrogen) atoms. The average molecular weight is 1200 g/mol. The predicted molar refractivity (Wildman–Crippen MR) is 389 cm³/mol. The first-order chi connectivity index (χ1) is 53.9. The topological polar surface area (TPSA) is 45.1 Å². The molecule has 0 bridgehead atoms. The van der Waals surface area contributed by atoms with Crippen molar-refractivity contribution in [3.63, 3.8) is 0 Å². The van der Waals surface area contributed by atoms with Gasteiger partial charge in [-0.25, -0.2) is 0 Å². The van der Waals surface area contributed by atoms with Crippen LogP contribution in [0, 0.1) is 18.2 Å². The fourth-order valence-electron chi connectivity index (χ4n) is 14.4. The smallest absolute Gasteiger partial charge is 0.252 e. The first-order valence-corrected chi connectivity index (χ1v) is 30.3. The fraction of sp³-hybridized carbons (Fsp3) is 0.0116. The highest BCUT2D eigenvalue weighted by atomic mass is 15.2. The third kappa shape index (κ3) is 8.02. The van der Waals surface area contributed by atoms with E-state index < -0.39 is 110 Å². The number of benzene rings is 14. The van der Waals surface area contributed by atoms with Gasteiger partial charge in [-0.2, -0.15) is 5.26 Å². The van der Waals surface area contributed by atoms with Crippen LogP contribution in [0.5, 0.6) is 0 Å². The molecule has 0 saturated heterocycles. The molecule has 7 heteroatoms. The van der Waals surface area contributed by atoms with E-state index in [1.165, 1.54) is 9.13 Å². The van der Waals surface area contributed by atoms with Crippen LogP contribution in [0.25, 0.3) is 116 Å². The molecule has 432 valence electrons. The Morgan fingerprint density at radius 1 is 0.323 bits per heavy atom. The van der Waals surface area contributed by atoms with Gasteiger partial charge in [-0.05, 0) is 160 Å². The van der Waals surface area contributed by atoms with E-state index >= 15 is 0 Å². The molecule has 19 rings (SSSR count). The molecule has 0 unspecified atom stereocenters. The Bertz CT molecular complexity index is 6850. The molecule has 0 aliphatic carbocycles. The van der Waals surface area contributed by atoms with Crippen LogP contribution in [0.1, 0.15) is 37.2 Å². The molecule has 5 heterocycles. The van der Waals surface area contributed by atoms with Crippen molar-refractivity contribution in [2.75, 3.05) is 9.80 Å². The summed E-state index contributed by atoms with van der Waals surface area (Å²) in [6.45, 7) is -3.27. The van der Waals surface area contributed by atoms with Crippen molar-refractivity contribution in [2.45, 2.75) is 6.85 Å². The summed E-state index contributed by atoms with van der Waals surface area (Å²) >= 11 is 0. The van der Waals surface area contributed by atoms with Crippen LogP contribution >= 0.6 is 0 Å². The van der Waals surface area contributed by atoms with Gasteiger partial charge in [-0.15, -0.1) is 0 Å². The zero-order chi connectivity index (χ0) is 77.8. The minimum Gasteiger partial charge on any atom is -0.311 e. The number of nitriles is 1. The van der Waals surface area contributed by atoms with Crippen molar-refractivity contribution < 1.29 is 26.0 Å². The van der Waals surface area contributed by atoms with Gasteiger partial charge in [0.2, 0.25) is 0 Å². The van der Waals surface area contributed by atoms with E-state index in [-0.39, 0.29) is 66.1 Å². The Morgan fingerprint density at radius 2 is 0.763 bits per heavy atom. The highest BCUT2D eigenvalue weighted by molar-refractivity contribution is 7.00. The van der Waals surface area contributed by atoms with E-state index in [1.54, 1.807) is 48.5 Å². The van der Waals surface area contributed by atoms with Crippen molar-refractivity contribution in [3.8, 4) is 56.5 Å². The van der Waals surface area contributed by atoms with Crippen molar-refractivity contribution in [3.05, 3.63) is 326 Å². The zero-order valence-corrected chi connectivity index (χ0v) is 49.0. The van der Waals surface area contributed by atoms with E-state index in [0.29, 0.717) is 61.9 Å². The lowest BCUT2D eigenvalue weighted by atomic mass is 9.33. The third-order valence-electron chi connectivity index (χ3n) is 18.4. The number of fused-ring (bicyclic) bond motifs is 13. The van der Waals surface area contributed by atoms with Crippen LogP contribution in [-0.4, -0.2) is 20.4 Å². The molecule has 0 amide bonds. The second kappa shape index (κ2) is 20.6. The second-order valence-electron chi connectivity index (χ2n) is 23.3. The summed E-state index contributed by atoms with van der Waals surface area (Å²) in [6.07, 6.45) is 0. The number of aromatic nitrogens is 3. The van der Waals surface area contributed by atoms with E-state index in [0.717, 1.165) is 49.5 Å². The van der Waals surface area contributed by atoms with Gasteiger partial charge >= 0.3 is 0 Å². The van der Waals surface area contributed by atoms with Gasteiger partial charge in [0.15, 0.2) is 0 Å². The Hall–Kier alpha value is -12.4. The predicted octanol–water partition coefficient (Wildman–Crippen LogP) is 20.2. The summed E-state index contributed by atoms with van der Waals surface area (Å²) < 4.78 is 181. The number of hydrogen-bond acceptors (Lipinski definition) is 3. The standard InChI is InChI=1S/C86H55BN6/c1-55-36-38-58(39-37-55)59-41-44-73-82(49-59)92(65-47-61(56-20-4-2-5-21-56)46-62(48-65)57-22-6-3-7-23-57)85-53-66(91-77-32-16-10-26-69(77)70-27-11-17-33-78(70)91)52-84-86(85)87(73)74-45-43-64(89-75-30-14-8-24-67(75)68-25-9-15-31-76(68)89)51-83(74)90(84)63-42-40-60(54-88)81(50-63)93-79-34-18-12-28-71(79)72-29-13-19-35-80(72)93/h2-53H,1H3/i1D3,8D,9D,10D,11D,14D,15D,16D,17D,24D,25D,26D,27D,30D,31D,32D,33D. The first kappa shape index (κ1) is 37.0. The molecule has 0 spiro atoms. The molecule has 0 saturated carbocycles. The Labute approximate surface area is 564 Å². The molecule has 0 fully saturated rings. The van der Waals surface area contributed by atoms with E-state index in [1.807, 2.05) is 161 Å². The van der Waals surface area contributed by atoms with Gasteiger partial charge in [-0.1, -0.05) is 218 Å². The molecule has 0 N–H and O–H groups in total. The third-order valence-corrected chi connectivity index (χ3v) is 18.4. The SMILES string of the molecule is [2H]c1c([2H])c([2H])c2c(c1[2H])c1c([2H])c([2H])c([2H])c([2H])c1n2-c1ccc2c(c1)N(c1ccc(C#N)c(-n3c4ccccc4c4ccccc43)c1)c1cc(-n3c4c([2H])c([2H])c([2H])c([2H])c4c4c([2H])c([2H])c([2H])c([2H])c43)cc3c1B2c1ccc(-c2ccc(C([2H])([2H])[2H])cc2)cc1N3c1cc(-c2ccccc2)cc(-c2ccccc2)c1. The van der Waals surface area contributed by atoms with Crippen LogP contribution in [0.2, 0.25) is 0 Å². The lowest BCUT2D eigenvalue weighted by Gasteiger charge is -2.45. The number of aryl methyl sites for hydroxylation is 1. The summed E-state index contributed by atoms with van der Waals surface area (Å²) in [4.78, 5) is 4.08. The summed E-state index contributed by atoms with van der Waals surface area (Å²) in [7, 11) is 0. The van der Waals surface area contributed by atoms with Gasteiger partial charge < -0.3 is 23.5 Å². The van der Waals surface area contributed by atoms with Crippen LogP contribution in [-0.2, 0) is 0 Å². The monoisotopic (exact) mass is 1200 g/mol. The largest absolute Gasteiger partial charge is 0.311 e. The number of para-hydroxylation sites is 6. The van der Waals surface area contributed by atoms with Crippen LogP contribution in [0.3, 0.4) is 0 Å². The Balaban J connectivity index is 1.02. The maximum Gasteiger partial charge on any atom is 0.252 e.